The summed E-state index contributed by atoms with van der Waals surface area (Å²) in [6, 6.07) is 5.87. The van der Waals surface area contributed by atoms with Gasteiger partial charge in [0.2, 0.25) is 10.0 Å². The van der Waals surface area contributed by atoms with Gasteiger partial charge in [-0.1, -0.05) is 17.7 Å². The Labute approximate surface area is 162 Å². The number of methoxy groups -OCH3 is 1. The van der Waals surface area contributed by atoms with Crippen LogP contribution in [0, 0.1) is 0 Å². The Kier molecular flexibility index (Phi) is 6.73. The summed E-state index contributed by atoms with van der Waals surface area (Å²) in [5, 5.41) is -0.273. The minimum absolute atomic E-state index is 0.0977. The number of benzene rings is 2. The smallest absolute Gasteiger partial charge is 0.417 e. The summed E-state index contributed by atoms with van der Waals surface area (Å²) in [4.78, 5) is -0.992. The molecule has 5 nitrogen and oxygen atoms in total. The van der Waals surface area contributed by atoms with Gasteiger partial charge in [0.15, 0.2) is 11.5 Å². The number of halogens is 6. The number of rotatable bonds is 7. The van der Waals surface area contributed by atoms with Crippen molar-refractivity contribution in [3.8, 4) is 11.5 Å². The Balaban J connectivity index is 2.27. The molecule has 0 heterocycles. The zero-order valence-electron chi connectivity index (χ0n) is 14.1. The van der Waals surface area contributed by atoms with E-state index in [9.17, 15) is 30.4 Å². The van der Waals surface area contributed by atoms with Gasteiger partial charge >= 0.3 is 12.8 Å². The van der Waals surface area contributed by atoms with Gasteiger partial charge in [-0.25, -0.2) is 13.1 Å². The van der Waals surface area contributed by atoms with E-state index in [-0.39, 0.29) is 22.1 Å². The Morgan fingerprint density at radius 1 is 1.11 bits per heavy atom. The summed E-state index contributed by atoms with van der Waals surface area (Å²) >= 11 is 5.54. The SMILES string of the molecule is COc1cc(CNS(=O)(=O)c2ccc(Cl)cc2C(F)(F)F)ccc1OC(F)F. The molecule has 0 amide bonds. The van der Waals surface area contributed by atoms with E-state index in [4.69, 9.17) is 16.3 Å². The van der Waals surface area contributed by atoms with E-state index in [0.717, 1.165) is 18.2 Å². The van der Waals surface area contributed by atoms with Crippen LogP contribution in [0.2, 0.25) is 5.02 Å². The zero-order valence-corrected chi connectivity index (χ0v) is 15.6. The molecule has 0 aromatic heterocycles. The maximum atomic E-state index is 13.1. The molecule has 0 bridgehead atoms. The molecule has 0 radical (unpaired) electrons. The molecule has 2 aromatic rings. The standard InChI is InChI=1S/C16H13ClF5NO4S/c1-26-13-6-9(2-4-12(13)27-15(18)19)8-23-28(24,25)14-5-3-10(17)7-11(14)16(20,21)22/h2-7,15,23H,8H2,1H3. The van der Waals surface area contributed by atoms with Crippen LogP contribution < -0.4 is 14.2 Å². The molecule has 0 saturated carbocycles. The number of nitrogens with one attached hydrogen (secondary N) is 1. The molecule has 0 spiro atoms. The Morgan fingerprint density at radius 3 is 2.36 bits per heavy atom. The molecule has 0 aliphatic heterocycles. The summed E-state index contributed by atoms with van der Waals surface area (Å²) < 4.78 is 99.8. The zero-order chi connectivity index (χ0) is 21.1. The normalized spacial score (nSPS) is 12.3. The fourth-order valence-corrected chi connectivity index (χ4v) is 3.63. The van der Waals surface area contributed by atoms with Gasteiger partial charge in [0.1, 0.15) is 0 Å². The van der Waals surface area contributed by atoms with Crippen LogP contribution in [-0.4, -0.2) is 22.1 Å². The highest BCUT2D eigenvalue weighted by molar-refractivity contribution is 7.89. The van der Waals surface area contributed by atoms with Gasteiger partial charge in [0, 0.05) is 11.6 Å². The molecule has 0 aliphatic carbocycles. The molecule has 2 rings (SSSR count). The molecule has 2 aromatic carbocycles. The van der Waals surface area contributed by atoms with Crippen molar-refractivity contribution >= 4 is 21.6 Å². The van der Waals surface area contributed by atoms with Gasteiger partial charge in [0.05, 0.1) is 17.6 Å². The largest absolute Gasteiger partial charge is 0.493 e. The van der Waals surface area contributed by atoms with E-state index >= 15 is 0 Å². The molecule has 1 N–H and O–H groups in total. The number of alkyl halides is 5. The summed E-state index contributed by atoms with van der Waals surface area (Å²) in [5.41, 5.74) is -1.17. The van der Waals surface area contributed by atoms with Crippen molar-refractivity contribution in [3.63, 3.8) is 0 Å². The fourth-order valence-electron chi connectivity index (χ4n) is 2.23. The third-order valence-electron chi connectivity index (χ3n) is 3.45. The van der Waals surface area contributed by atoms with Crippen molar-refractivity contribution in [2.24, 2.45) is 0 Å². The average Bonchev–Trinajstić information content (AvgIpc) is 2.59. The van der Waals surface area contributed by atoms with Crippen molar-refractivity contribution < 1.29 is 39.8 Å². The van der Waals surface area contributed by atoms with E-state index in [1.54, 1.807) is 0 Å². The summed E-state index contributed by atoms with van der Waals surface area (Å²) in [6.45, 7) is -3.52. The van der Waals surface area contributed by atoms with Gasteiger partial charge in [-0.3, -0.25) is 0 Å². The average molecular weight is 446 g/mol. The van der Waals surface area contributed by atoms with Crippen LogP contribution in [-0.2, 0) is 22.7 Å². The third-order valence-corrected chi connectivity index (χ3v) is 5.14. The van der Waals surface area contributed by atoms with Gasteiger partial charge in [-0.2, -0.15) is 22.0 Å². The van der Waals surface area contributed by atoms with Crippen LogP contribution in [0.3, 0.4) is 0 Å². The number of ether oxygens (including phenoxy) is 2. The van der Waals surface area contributed by atoms with Crippen LogP contribution in [0.15, 0.2) is 41.3 Å². The minimum atomic E-state index is -4.94. The predicted octanol–water partition coefficient (Wildman–Crippen LogP) is 4.45. The lowest BCUT2D eigenvalue weighted by Crippen LogP contribution is -2.26. The van der Waals surface area contributed by atoms with E-state index in [2.05, 4.69) is 4.74 Å². The summed E-state index contributed by atoms with van der Waals surface area (Å²) in [6.07, 6.45) is -4.94. The van der Waals surface area contributed by atoms with Gasteiger partial charge in [0.25, 0.3) is 0 Å². The van der Waals surface area contributed by atoms with E-state index in [1.807, 2.05) is 4.72 Å². The molecule has 0 fully saturated rings. The Hall–Kier alpha value is -2.11. The molecular formula is C16H13ClF5NO4S. The first-order valence-electron chi connectivity index (χ1n) is 7.42. The van der Waals surface area contributed by atoms with Crippen molar-refractivity contribution in [2.45, 2.75) is 24.2 Å². The van der Waals surface area contributed by atoms with Gasteiger partial charge < -0.3 is 9.47 Å². The number of hydrogen-bond donors (Lipinski definition) is 1. The fraction of sp³-hybridized carbons (Fsp3) is 0.250. The highest BCUT2D eigenvalue weighted by atomic mass is 35.5. The Bertz CT molecular complexity index is 951. The molecule has 28 heavy (non-hydrogen) atoms. The van der Waals surface area contributed by atoms with Crippen molar-refractivity contribution in [2.75, 3.05) is 7.11 Å². The number of hydrogen-bond acceptors (Lipinski definition) is 4. The monoisotopic (exact) mass is 445 g/mol. The second kappa shape index (κ2) is 8.50. The van der Waals surface area contributed by atoms with Crippen molar-refractivity contribution in [3.05, 3.63) is 52.5 Å². The lowest BCUT2D eigenvalue weighted by Gasteiger charge is -2.15. The van der Waals surface area contributed by atoms with Crippen LogP contribution in [0.5, 0.6) is 11.5 Å². The highest BCUT2D eigenvalue weighted by Crippen LogP contribution is 2.36. The molecule has 0 aliphatic rings. The van der Waals surface area contributed by atoms with Crippen LogP contribution in [0.25, 0.3) is 0 Å². The molecule has 0 atom stereocenters. The van der Waals surface area contributed by atoms with E-state index < -0.39 is 39.8 Å². The minimum Gasteiger partial charge on any atom is -0.493 e. The first kappa shape index (κ1) is 22.2. The molecule has 0 unspecified atom stereocenters. The first-order chi connectivity index (χ1) is 12.9. The summed E-state index contributed by atoms with van der Waals surface area (Å²) in [5.74, 6) is -0.374. The van der Waals surface area contributed by atoms with Crippen molar-refractivity contribution in [1.82, 2.24) is 4.72 Å². The molecule has 0 saturated heterocycles. The van der Waals surface area contributed by atoms with Crippen LogP contribution >= 0.6 is 11.6 Å². The van der Waals surface area contributed by atoms with Gasteiger partial charge in [-0.05, 0) is 35.9 Å². The van der Waals surface area contributed by atoms with Gasteiger partial charge in [-0.15, -0.1) is 0 Å². The van der Waals surface area contributed by atoms with Crippen molar-refractivity contribution in [1.29, 1.82) is 0 Å². The molecule has 12 heteroatoms. The topological polar surface area (TPSA) is 64.6 Å². The lowest BCUT2D eigenvalue weighted by molar-refractivity contribution is -0.139. The quantitative estimate of drug-likeness (QED) is 0.640. The highest BCUT2D eigenvalue weighted by Gasteiger charge is 2.37. The third kappa shape index (κ3) is 5.46. The number of sulfonamides is 1. The first-order valence-corrected chi connectivity index (χ1v) is 9.28. The predicted molar refractivity (Wildman–Crippen MR) is 90.1 cm³/mol. The lowest BCUT2D eigenvalue weighted by atomic mass is 10.2. The molecular weight excluding hydrogens is 433 g/mol. The van der Waals surface area contributed by atoms with E-state index in [0.29, 0.717) is 6.07 Å². The summed E-state index contributed by atoms with van der Waals surface area (Å²) in [7, 11) is -3.37. The van der Waals surface area contributed by atoms with Crippen LogP contribution in [0.1, 0.15) is 11.1 Å². The Morgan fingerprint density at radius 2 is 1.79 bits per heavy atom. The maximum Gasteiger partial charge on any atom is 0.417 e. The molecule has 154 valence electrons. The van der Waals surface area contributed by atoms with E-state index in [1.165, 1.54) is 19.2 Å². The van der Waals surface area contributed by atoms with Crippen LogP contribution in [0.4, 0.5) is 22.0 Å². The second-order valence-corrected chi connectivity index (χ2v) is 7.50. The maximum absolute atomic E-state index is 13.1. The second-order valence-electron chi connectivity index (χ2n) is 5.33.